The number of amides is 2. The molecule has 0 radical (unpaired) electrons. The van der Waals surface area contributed by atoms with Crippen molar-refractivity contribution in [3.05, 3.63) is 63.6 Å². The highest BCUT2D eigenvalue weighted by atomic mass is 79.9. The molecule has 0 aliphatic rings. The first kappa shape index (κ1) is 18.2. The Morgan fingerprint density at radius 1 is 1.12 bits per heavy atom. The van der Waals surface area contributed by atoms with Crippen LogP contribution in [0.15, 0.2) is 58.1 Å². The number of nitrogens with zero attached hydrogens (tertiary/aromatic N) is 1. The summed E-state index contributed by atoms with van der Waals surface area (Å²) in [5, 5.41) is 7.04. The van der Waals surface area contributed by atoms with Gasteiger partial charge in [0.05, 0.1) is 11.9 Å². The van der Waals surface area contributed by atoms with E-state index in [0.717, 1.165) is 4.47 Å². The summed E-state index contributed by atoms with van der Waals surface area (Å²) in [6, 6.07) is 14.3. The topological polar surface area (TPSA) is 70.6 Å². The highest BCUT2D eigenvalue weighted by Gasteiger charge is 2.21. The molecule has 0 heterocycles. The van der Waals surface area contributed by atoms with Gasteiger partial charge in [-0.1, -0.05) is 41.9 Å². The van der Waals surface area contributed by atoms with E-state index in [1.807, 2.05) is 12.1 Å². The summed E-state index contributed by atoms with van der Waals surface area (Å²) < 4.78 is 0.739. The lowest BCUT2D eigenvalue weighted by atomic mass is 10.1. The van der Waals surface area contributed by atoms with Crippen LogP contribution in [0.3, 0.4) is 0 Å². The van der Waals surface area contributed by atoms with E-state index < -0.39 is 17.7 Å². The van der Waals surface area contributed by atoms with Crippen LogP contribution in [0.2, 0.25) is 5.02 Å². The van der Waals surface area contributed by atoms with E-state index in [-0.39, 0.29) is 0 Å². The average Bonchev–Trinajstić information content (AvgIpc) is 2.57. The maximum absolute atomic E-state index is 12.1. The Morgan fingerprint density at radius 3 is 2.50 bits per heavy atom. The van der Waals surface area contributed by atoms with Crippen LogP contribution in [0.1, 0.15) is 12.5 Å². The monoisotopic (exact) mass is 407 g/mol. The van der Waals surface area contributed by atoms with E-state index in [1.54, 1.807) is 36.4 Å². The fourth-order valence-electron chi connectivity index (χ4n) is 1.76. The molecule has 24 heavy (non-hydrogen) atoms. The van der Waals surface area contributed by atoms with Gasteiger partial charge in [-0.05, 0) is 41.1 Å². The van der Waals surface area contributed by atoms with Gasteiger partial charge in [-0.3, -0.25) is 9.59 Å². The zero-order valence-corrected chi connectivity index (χ0v) is 15.1. The number of anilines is 1. The molecule has 7 heteroatoms. The zero-order valence-electron chi connectivity index (χ0n) is 12.8. The van der Waals surface area contributed by atoms with Crippen molar-refractivity contribution in [3.63, 3.8) is 0 Å². The second kappa shape index (κ2) is 8.61. The summed E-state index contributed by atoms with van der Waals surface area (Å²) in [5.41, 5.74) is 3.61. The Labute approximate surface area is 153 Å². The molecule has 0 aromatic heterocycles. The van der Waals surface area contributed by atoms with Crippen molar-refractivity contribution in [2.45, 2.75) is 6.92 Å². The molecule has 1 atom stereocenters. The molecule has 2 amide bonds. The molecule has 2 rings (SSSR count). The lowest BCUT2D eigenvalue weighted by Crippen LogP contribution is -2.34. The first-order valence-electron chi connectivity index (χ1n) is 7.12. The number of nitrogens with one attached hydrogen (secondary N) is 2. The molecule has 0 spiro atoms. The number of rotatable bonds is 5. The number of hydrogen-bond acceptors (Lipinski definition) is 3. The number of hydrogen-bond donors (Lipinski definition) is 2. The average molecular weight is 409 g/mol. The second-order valence-electron chi connectivity index (χ2n) is 4.95. The minimum absolute atomic E-state index is 0.424. The van der Waals surface area contributed by atoms with Gasteiger partial charge < -0.3 is 5.32 Å². The number of hydrazone groups is 1. The Morgan fingerprint density at radius 2 is 1.79 bits per heavy atom. The summed E-state index contributed by atoms with van der Waals surface area (Å²) >= 11 is 9.32. The van der Waals surface area contributed by atoms with Crippen LogP contribution in [-0.4, -0.2) is 18.0 Å². The summed E-state index contributed by atoms with van der Waals surface area (Å²) in [4.78, 5) is 24.1. The van der Waals surface area contributed by atoms with E-state index in [0.29, 0.717) is 16.3 Å². The van der Waals surface area contributed by atoms with Gasteiger partial charge in [-0.2, -0.15) is 5.10 Å². The smallest absolute Gasteiger partial charge is 0.252 e. The van der Waals surface area contributed by atoms with Crippen LogP contribution < -0.4 is 10.7 Å². The van der Waals surface area contributed by atoms with E-state index in [2.05, 4.69) is 31.8 Å². The third-order valence-electron chi connectivity index (χ3n) is 3.20. The number of benzene rings is 2. The first-order valence-corrected chi connectivity index (χ1v) is 8.29. The van der Waals surface area contributed by atoms with Crippen molar-refractivity contribution in [3.8, 4) is 0 Å². The number of carbonyl (C=O) groups excluding carboxylic acids is 2. The number of carbonyl (C=O) groups is 2. The van der Waals surface area contributed by atoms with E-state index in [9.17, 15) is 9.59 Å². The van der Waals surface area contributed by atoms with Crippen molar-refractivity contribution in [2.24, 2.45) is 11.0 Å². The van der Waals surface area contributed by atoms with Gasteiger partial charge in [0.15, 0.2) is 0 Å². The Kier molecular flexibility index (Phi) is 6.52. The highest BCUT2D eigenvalue weighted by molar-refractivity contribution is 9.10. The predicted molar refractivity (Wildman–Crippen MR) is 99.1 cm³/mol. The molecule has 5 nitrogen and oxygen atoms in total. The minimum atomic E-state index is -0.902. The Bertz CT molecular complexity index is 780. The van der Waals surface area contributed by atoms with Crippen molar-refractivity contribution in [1.29, 1.82) is 0 Å². The fraction of sp³-hybridized carbons (Fsp3) is 0.118. The first-order chi connectivity index (χ1) is 11.5. The molecule has 0 fully saturated rings. The lowest BCUT2D eigenvalue weighted by Gasteiger charge is -2.11. The van der Waals surface area contributed by atoms with Gasteiger partial charge >= 0.3 is 0 Å². The Hall–Kier alpha value is -2.18. The van der Waals surface area contributed by atoms with E-state index in [1.165, 1.54) is 13.1 Å². The van der Waals surface area contributed by atoms with Crippen LogP contribution in [0.25, 0.3) is 0 Å². The van der Waals surface area contributed by atoms with Gasteiger partial charge in [0.1, 0.15) is 5.92 Å². The normalized spacial score (nSPS) is 12.0. The molecule has 124 valence electrons. The van der Waals surface area contributed by atoms with Gasteiger partial charge in [0, 0.05) is 15.1 Å². The van der Waals surface area contributed by atoms with Crippen molar-refractivity contribution in [1.82, 2.24) is 5.43 Å². The molecule has 0 aliphatic heterocycles. The quantitative estimate of drug-likeness (QED) is 0.448. The Balaban J connectivity index is 1.93. The third kappa shape index (κ3) is 4.91. The van der Waals surface area contributed by atoms with Crippen molar-refractivity contribution >= 4 is 51.2 Å². The molecule has 2 aromatic rings. The summed E-state index contributed by atoms with van der Waals surface area (Å²) in [6.45, 7) is 1.51. The van der Waals surface area contributed by atoms with Gasteiger partial charge in [-0.15, -0.1) is 0 Å². The summed E-state index contributed by atoms with van der Waals surface area (Å²) in [5.74, 6) is -1.84. The van der Waals surface area contributed by atoms with E-state index >= 15 is 0 Å². The molecule has 1 unspecified atom stereocenters. The van der Waals surface area contributed by atoms with Crippen molar-refractivity contribution in [2.75, 3.05) is 5.32 Å². The standard InChI is InChI=1S/C17H15BrClN3O2/c1-11(16(23)21-15-9-5-3-7-13(15)18)17(24)22-20-10-12-6-2-4-8-14(12)19/h2-11H,1H3,(H,21,23)(H,22,24). The van der Waals surface area contributed by atoms with Crippen LogP contribution in [0.4, 0.5) is 5.69 Å². The highest BCUT2D eigenvalue weighted by Crippen LogP contribution is 2.21. The SMILES string of the molecule is CC(C(=O)NN=Cc1ccccc1Cl)C(=O)Nc1ccccc1Br. The maximum atomic E-state index is 12.1. The molecule has 0 saturated heterocycles. The fourth-order valence-corrected chi connectivity index (χ4v) is 2.33. The molecular weight excluding hydrogens is 394 g/mol. The maximum Gasteiger partial charge on any atom is 0.252 e. The number of para-hydroxylation sites is 1. The van der Waals surface area contributed by atoms with Gasteiger partial charge in [-0.25, -0.2) is 5.43 Å². The van der Waals surface area contributed by atoms with Crippen LogP contribution >= 0.6 is 27.5 Å². The molecule has 0 aliphatic carbocycles. The van der Waals surface area contributed by atoms with Gasteiger partial charge in [0.2, 0.25) is 5.91 Å². The molecular formula is C17H15BrClN3O2. The molecule has 2 N–H and O–H groups in total. The van der Waals surface area contributed by atoms with Crippen LogP contribution in [0, 0.1) is 5.92 Å². The predicted octanol–water partition coefficient (Wildman–Crippen LogP) is 3.83. The zero-order chi connectivity index (χ0) is 17.5. The van der Waals surface area contributed by atoms with Crippen molar-refractivity contribution < 1.29 is 9.59 Å². The summed E-state index contributed by atoms with van der Waals surface area (Å²) in [6.07, 6.45) is 1.43. The molecule has 0 bridgehead atoms. The van der Waals surface area contributed by atoms with Crippen LogP contribution in [0.5, 0.6) is 0 Å². The number of halogens is 2. The molecule has 2 aromatic carbocycles. The largest absolute Gasteiger partial charge is 0.324 e. The minimum Gasteiger partial charge on any atom is -0.324 e. The second-order valence-corrected chi connectivity index (χ2v) is 6.21. The van der Waals surface area contributed by atoms with E-state index in [4.69, 9.17) is 11.6 Å². The summed E-state index contributed by atoms with van der Waals surface area (Å²) in [7, 11) is 0. The molecule has 0 saturated carbocycles. The van der Waals surface area contributed by atoms with Gasteiger partial charge in [0.25, 0.3) is 5.91 Å². The lowest BCUT2D eigenvalue weighted by molar-refractivity contribution is -0.131. The third-order valence-corrected chi connectivity index (χ3v) is 4.24. The van der Waals surface area contributed by atoms with Crippen LogP contribution in [-0.2, 0) is 9.59 Å².